The van der Waals surface area contributed by atoms with Gasteiger partial charge in [-0.05, 0) is 101 Å². The molecule has 3 fully saturated rings. The molecule has 198 valence electrons. The van der Waals surface area contributed by atoms with Gasteiger partial charge >= 0.3 is 0 Å². The van der Waals surface area contributed by atoms with E-state index < -0.39 is 0 Å². The zero-order chi connectivity index (χ0) is 25.5. The van der Waals surface area contributed by atoms with Crippen LogP contribution in [0.25, 0.3) is 16.9 Å². The lowest BCUT2D eigenvalue weighted by molar-refractivity contribution is -0.0295. The fourth-order valence-electron chi connectivity index (χ4n) is 7.23. The average molecular weight is 521 g/mol. The number of hydrogen-bond acceptors (Lipinski definition) is 4. The van der Waals surface area contributed by atoms with E-state index >= 15 is 4.39 Å². The summed E-state index contributed by atoms with van der Waals surface area (Å²) in [5.74, 6) is 0.200. The molecule has 6 heteroatoms. The zero-order valence-electron chi connectivity index (χ0n) is 22.6. The lowest BCUT2D eigenvalue weighted by Crippen LogP contribution is -2.59. The van der Waals surface area contributed by atoms with Crippen LogP contribution in [0.4, 0.5) is 4.39 Å². The maximum atomic E-state index is 15.2. The predicted octanol–water partition coefficient (Wildman–Crippen LogP) is 7.23. The number of likely N-dealkylation sites (tertiary alicyclic amines) is 2. The minimum Gasteiger partial charge on any atom is -0.304 e. The molecule has 0 bridgehead atoms. The first-order chi connectivity index (χ1) is 18.0. The SMILES string of the molecule is CCC1CC(N2CCC(c3cc(F)c4nc(-c5ccc(SC)cc5)cn4c3)CC2)CC(C)N1C1CCC1. The van der Waals surface area contributed by atoms with Crippen LogP contribution in [0.1, 0.15) is 76.7 Å². The number of pyridine rings is 1. The van der Waals surface area contributed by atoms with Crippen LogP contribution in [-0.4, -0.2) is 62.7 Å². The van der Waals surface area contributed by atoms with Gasteiger partial charge in [0.2, 0.25) is 0 Å². The Hall–Kier alpha value is -1.89. The summed E-state index contributed by atoms with van der Waals surface area (Å²) in [6.07, 6.45) is 16.5. The molecule has 1 saturated carbocycles. The van der Waals surface area contributed by atoms with Gasteiger partial charge in [0.05, 0.1) is 5.69 Å². The van der Waals surface area contributed by atoms with Crippen molar-refractivity contribution in [3.8, 4) is 11.3 Å². The van der Waals surface area contributed by atoms with Crippen LogP contribution in [0.3, 0.4) is 0 Å². The highest BCUT2D eigenvalue weighted by Crippen LogP contribution is 2.38. The number of nitrogens with zero attached hydrogens (tertiary/aromatic N) is 4. The highest BCUT2D eigenvalue weighted by atomic mass is 32.2. The first-order valence-corrected chi connectivity index (χ1v) is 15.6. The van der Waals surface area contributed by atoms with E-state index in [1.165, 1.54) is 43.4 Å². The van der Waals surface area contributed by atoms with Gasteiger partial charge in [-0.3, -0.25) is 4.90 Å². The Morgan fingerprint density at radius 2 is 1.76 bits per heavy atom. The lowest BCUT2D eigenvalue weighted by atomic mass is 9.81. The average Bonchev–Trinajstić information content (AvgIpc) is 3.34. The van der Waals surface area contributed by atoms with Gasteiger partial charge in [0.15, 0.2) is 11.5 Å². The minimum atomic E-state index is -0.213. The summed E-state index contributed by atoms with van der Waals surface area (Å²) in [4.78, 5) is 11.5. The molecular weight excluding hydrogens is 479 g/mol. The van der Waals surface area contributed by atoms with Gasteiger partial charge in [0, 0.05) is 47.0 Å². The summed E-state index contributed by atoms with van der Waals surface area (Å²) in [5.41, 5.74) is 3.39. The fourth-order valence-corrected chi connectivity index (χ4v) is 7.63. The van der Waals surface area contributed by atoms with Crippen LogP contribution in [-0.2, 0) is 0 Å². The number of aromatic nitrogens is 2. The molecule has 6 rings (SSSR count). The normalized spacial score (nSPS) is 26.5. The molecular formula is C31H41FN4S. The van der Waals surface area contributed by atoms with Crippen LogP contribution in [0.15, 0.2) is 47.6 Å². The monoisotopic (exact) mass is 520 g/mol. The number of hydrogen-bond donors (Lipinski definition) is 0. The van der Waals surface area contributed by atoms with Crippen molar-refractivity contribution in [1.82, 2.24) is 19.2 Å². The molecule has 4 heterocycles. The largest absolute Gasteiger partial charge is 0.304 e. The van der Waals surface area contributed by atoms with Crippen LogP contribution >= 0.6 is 11.8 Å². The topological polar surface area (TPSA) is 23.8 Å². The van der Waals surface area contributed by atoms with E-state index in [2.05, 4.69) is 65.3 Å². The Morgan fingerprint density at radius 1 is 1.00 bits per heavy atom. The van der Waals surface area contributed by atoms with Gasteiger partial charge in [-0.2, -0.15) is 0 Å². The molecule has 3 aliphatic rings. The van der Waals surface area contributed by atoms with Gasteiger partial charge in [-0.15, -0.1) is 11.8 Å². The van der Waals surface area contributed by atoms with E-state index in [9.17, 15) is 0 Å². The number of fused-ring (bicyclic) bond motifs is 1. The predicted molar refractivity (Wildman–Crippen MR) is 152 cm³/mol. The smallest absolute Gasteiger partial charge is 0.173 e. The molecule has 3 atom stereocenters. The Labute approximate surface area is 225 Å². The third-order valence-corrected chi connectivity index (χ3v) is 10.2. The Kier molecular flexibility index (Phi) is 7.34. The van der Waals surface area contributed by atoms with Crippen molar-refractivity contribution in [3.05, 3.63) is 54.1 Å². The third-order valence-electron chi connectivity index (χ3n) is 9.49. The molecule has 0 spiro atoms. The molecule has 0 radical (unpaired) electrons. The Balaban J connectivity index is 1.13. The van der Waals surface area contributed by atoms with Gasteiger partial charge in [-0.25, -0.2) is 9.37 Å². The van der Waals surface area contributed by atoms with Crippen molar-refractivity contribution < 1.29 is 4.39 Å². The molecule has 0 N–H and O–H groups in total. The second-order valence-corrected chi connectivity index (χ2v) is 12.5. The summed E-state index contributed by atoms with van der Waals surface area (Å²) in [5, 5.41) is 0. The summed E-state index contributed by atoms with van der Waals surface area (Å²) in [7, 11) is 0. The lowest BCUT2D eigenvalue weighted by Gasteiger charge is -2.53. The van der Waals surface area contributed by atoms with Crippen molar-refractivity contribution in [2.75, 3.05) is 19.3 Å². The molecule has 1 aliphatic carbocycles. The fraction of sp³-hybridized carbons (Fsp3) is 0.581. The van der Waals surface area contributed by atoms with Crippen LogP contribution in [0.5, 0.6) is 0 Å². The molecule has 4 nitrogen and oxygen atoms in total. The number of piperidine rings is 2. The van der Waals surface area contributed by atoms with Gasteiger partial charge in [0.25, 0.3) is 0 Å². The number of benzene rings is 1. The van der Waals surface area contributed by atoms with Crippen molar-refractivity contribution in [2.45, 2.75) is 100 Å². The van der Waals surface area contributed by atoms with Crippen molar-refractivity contribution in [1.29, 1.82) is 0 Å². The van der Waals surface area contributed by atoms with Crippen molar-refractivity contribution in [2.24, 2.45) is 0 Å². The second kappa shape index (κ2) is 10.7. The Morgan fingerprint density at radius 3 is 2.41 bits per heavy atom. The molecule has 2 aromatic heterocycles. The molecule has 2 saturated heterocycles. The number of halogens is 1. The quantitative estimate of drug-likeness (QED) is 0.320. The van der Waals surface area contributed by atoms with Crippen LogP contribution < -0.4 is 0 Å². The number of thioether (sulfide) groups is 1. The van der Waals surface area contributed by atoms with E-state index in [1.807, 2.05) is 10.6 Å². The molecule has 3 unspecified atom stereocenters. The van der Waals surface area contributed by atoms with E-state index in [4.69, 9.17) is 0 Å². The standard InChI is InChI=1S/C31H41FN4S/c1-4-25-18-27(16-21(2)36(25)26-6-5-7-26)34-14-12-22(13-15-34)24-17-29(32)31-33-30(20-35(31)19-24)23-8-10-28(37-3)11-9-23/h8-11,17,19-22,25-27H,4-7,12-16,18H2,1-3H3. The first-order valence-electron chi connectivity index (χ1n) is 14.4. The number of rotatable bonds is 6. The van der Waals surface area contributed by atoms with E-state index in [0.29, 0.717) is 23.6 Å². The summed E-state index contributed by atoms with van der Waals surface area (Å²) < 4.78 is 17.1. The molecule has 37 heavy (non-hydrogen) atoms. The van der Waals surface area contributed by atoms with Crippen molar-refractivity contribution >= 4 is 17.4 Å². The minimum absolute atomic E-state index is 0.213. The molecule has 3 aromatic rings. The third kappa shape index (κ3) is 4.97. The number of imidazole rings is 1. The Bertz CT molecular complexity index is 1210. The van der Waals surface area contributed by atoms with E-state index in [0.717, 1.165) is 54.8 Å². The summed E-state index contributed by atoms with van der Waals surface area (Å²) in [6.45, 7) is 7.09. The summed E-state index contributed by atoms with van der Waals surface area (Å²) in [6, 6.07) is 13.1. The summed E-state index contributed by atoms with van der Waals surface area (Å²) >= 11 is 1.72. The van der Waals surface area contributed by atoms with Crippen molar-refractivity contribution in [3.63, 3.8) is 0 Å². The molecule has 1 aromatic carbocycles. The second-order valence-electron chi connectivity index (χ2n) is 11.6. The highest BCUT2D eigenvalue weighted by Gasteiger charge is 2.40. The zero-order valence-corrected chi connectivity index (χ0v) is 23.4. The maximum Gasteiger partial charge on any atom is 0.173 e. The van der Waals surface area contributed by atoms with Gasteiger partial charge in [-0.1, -0.05) is 25.5 Å². The van der Waals surface area contributed by atoms with Gasteiger partial charge in [0.1, 0.15) is 0 Å². The highest BCUT2D eigenvalue weighted by molar-refractivity contribution is 7.98. The van der Waals surface area contributed by atoms with Crippen LogP contribution in [0.2, 0.25) is 0 Å². The molecule has 2 aliphatic heterocycles. The molecule has 0 amide bonds. The first kappa shape index (κ1) is 25.4. The van der Waals surface area contributed by atoms with Gasteiger partial charge < -0.3 is 9.30 Å². The maximum absolute atomic E-state index is 15.2. The van der Waals surface area contributed by atoms with E-state index in [1.54, 1.807) is 17.8 Å². The van der Waals surface area contributed by atoms with Crippen LogP contribution in [0, 0.1) is 5.82 Å². The van der Waals surface area contributed by atoms with E-state index in [-0.39, 0.29) is 5.82 Å².